The van der Waals surface area contributed by atoms with E-state index in [9.17, 15) is 14.7 Å². The van der Waals surface area contributed by atoms with E-state index >= 15 is 0 Å². The molecule has 1 aliphatic carbocycles. The number of rotatable bonds is 6. The minimum Gasteiger partial charge on any atom is -0.480 e. The molecule has 1 aromatic rings. The van der Waals surface area contributed by atoms with Gasteiger partial charge in [-0.1, -0.05) is 30.3 Å². The summed E-state index contributed by atoms with van der Waals surface area (Å²) in [5.41, 5.74) is 0.671. The van der Waals surface area contributed by atoms with Crippen LogP contribution in [0.4, 0.5) is 4.79 Å². The van der Waals surface area contributed by atoms with Crippen molar-refractivity contribution in [2.75, 3.05) is 6.61 Å². The Balaban J connectivity index is 1.77. The molecule has 0 heterocycles. The van der Waals surface area contributed by atoms with Gasteiger partial charge in [0.05, 0.1) is 12.7 Å². The van der Waals surface area contributed by atoms with E-state index in [1.165, 1.54) is 5.56 Å². The summed E-state index contributed by atoms with van der Waals surface area (Å²) in [5.74, 6) is -0.597. The maximum absolute atomic E-state index is 11.8. The molecule has 0 saturated heterocycles. The maximum atomic E-state index is 11.8. The first-order valence-electron chi connectivity index (χ1n) is 9.13. The Morgan fingerprint density at radius 1 is 1.15 bits per heavy atom. The lowest BCUT2D eigenvalue weighted by atomic mass is 9.83. The van der Waals surface area contributed by atoms with E-state index in [2.05, 4.69) is 29.6 Å². The Hall–Kier alpha value is -2.08. The van der Waals surface area contributed by atoms with E-state index in [1.54, 1.807) is 20.8 Å². The van der Waals surface area contributed by atoms with E-state index in [4.69, 9.17) is 9.47 Å². The smallest absolute Gasteiger partial charge is 0.408 e. The number of carbonyl (C=O) groups excluding carboxylic acids is 1. The van der Waals surface area contributed by atoms with Crippen LogP contribution in [0.15, 0.2) is 30.3 Å². The highest BCUT2D eigenvalue weighted by molar-refractivity contribution is 5.80. The van der Waals surface area contributed by atoms with Crippen LogP contribution < -0.4 is 5.32 Å². The van der Waals surface area contributed by atoms with Crippen molar-refractivity contribution >= 4 is 12.1 Å². The van der Waals surface area contributed by atoms with E-state index < -0.39 is 23.7 Å². The maximum Gasteiger partial charge on any atom is 0.408 e. The third kappa shape index (κ3) is 6.67. The van der Waals surface area contributed by atoms with Crippen LogP contribution in [0.2, 0.25) is 0 Å². The molecule has 0 bridgehead atoms. The number of carboxylic acids is 1. The van der Waals surface area contributed by atoms with Gasteiger partial charge in [-0.2, -0.15) is 0 Å². The highest BCUT2D eigenvalue weighted by Crippen LogP contribution is 2.33. The number of carbonyl (C=O) groups is 2. The number of ether oxygens (including phenoxy) is 2. The zero-order chi connectivity index (χ0) is 19.2. The van der Waals surface area contributed by atoms with Crippen molar-refractivity contribution in [2.45, 2.75) is 70.1 Å². The van der Waals surface area contributed by atoms with Gasteiger partial charge in [-0.25, -0.2) is 9.59 Å². The van der Waals surface area contributed by atoms with Crippen LogP contribution in [-0.2, 0) is 14.3 Å². The number of amides is 1. The van der Waals surface area contributed by atoms with Gasteiger partial charge in [0, 0.05) is 0 Å². The Bertz CT molecular complexity index is 588. The van der Waals surface area contributed by atoms with Gasteiger partial charge in [-0.15, -0.1) is 0 Å². The van der Waals surface area contributed by atoms with Crippen molar-refractivity contribution in [2.24, 2.45) is 0 Å². The van der Waals surface area contributed by atoms with Crippen molar-refractivity contribution in [3.05, 3.63) is 35.9 Å². The monoisotopic (exact) mass is 363 g/mol. The fourth-order valence-corrected chi connectivity index (χ4v) is 3.14. The van der Waals surface area contributed by atoms with Crippen LogP contribution in [0.3, 0.4) is 0 Å². The summed E-state index contributed by atoms with van der Waals surface area (Å²) in [6.45, 7) is 5.12. The molecule has 26 heavy (non-hydrogen) atoms. The van der Waals surface area contributed by atoms with Crippen LogP contribution in [-0.4, -0.2) is 41.5 Å². The average molecular weight is 363 g/mol. The highest BCUT2D eigenvalue weighted by Gasteiger charge is 2.27. The molecule has 1 aliphatic rings. The van der Waals surface area contributed by atoms with Crippen LogP contribution in [0.1, 0.15) is 57.9 Å². The first-order valence-corrected chi connectivity index (χ1v) is 9.13. The van der Waals surface area contributed by atoms with Gasteiger partial charge in [-0.05, 0) is 57.9 Å². The molecule has 1 atom stereocenters. The second-order valence-corrected chi connectivity index (χ2v) is 7.75. The van der Waals surface area contributed by atoms with Gasteiger partial charge in [-0.3, -0.25) is 0 Å². The van der Waals surface area contributed by atoms with Crippen molar-refractivity contribution < 1.29 is 24.2 Å². The predicted octanol–water partition coefficient (Wildman–Crippen LogP) is 3.71. The Kier molecular flexibility index (Phi) is 7.03. The first kappa shape index (κ1) is 20.2. The van der Waals surface area contributed by atoms with Gasteiger partial charge in [0.15, 0.2) is 6.04 Å². The molecular weight excluding hydrogens is 334 g/mol. The zero-order valence-electron chi connectivity index (χ0n) is 15.7. The molecule has 144 valence electrons. The summed E-state index contributed by atoms with van der Waals surface area (Å²) < 4.78 is 10.9. The highest BCUT2D eigenvalue weighted by atomic mass is 16.6. The number of aliphatic carboxylic acids is 1. The van der Waals surface area contributed by atoms with Gasteiger partial charge in [0.25, 0.3) is 0 Å². The van der Waals surface area contributed by atoms with E-state index in [1.807, 2.05) is 6.07 Å². The molecule has 2 N–H and O–H groups in total. The van der Waals surface area contributed by atoms with Crippen LogP contribution in [0.5, 0.6) is 0 Å². The molecule has 1 aromatic carbocycles. The zero-order valence-corrected chi connectivity index (χ0v) is 15.7. The van der Waals surface area contributed by atoms with Gasteiger partial charge in [0.1, 0.15) is 5.60 Å². The molecule has 6 heteroatoms. The van der Waals surface area contributed by atoms with Crippen molar-refractivity contribution in [3.63, 3.8) is 0 Å². The number of alkyl carbamates (subject to hydrolysis) is 1. The Morgan fingerprint density at radius 3 is 2.31 bits per heavy atom. The lowest BCUT2D eigenvalue weighted by Crippen LogP contribution is -2.46. The largest absolute Gasteiger partial charge is 0.480 e. The van der Waals surface area contributed by atoms with Gasteiger partial charge < -0.3 is 19.9 Å². The molecule has 0 aliphatic heterocycles. The normalized spacial score (nSPS) is 21.7. The second-order valence-electron chi connectivity index (χ2n) is 7.75. The van der Waals surface area contributed by atoms with Crippen LogP contribution in [0, 0.1) is 0 Å². The fraction of sp³-hybridized carbons (Fsp3) is 0.600. The lowest BCUT2D eigenvalue weighted by Gasteiger charge is -2.30. The van der Waals surface area contributed by atoms with Gasteiger partial charge in [0.2, 0.25) is 0 Å². The lowest BCUT2D eigenvalue weighted by molar-refractivity contribution is -0.142. The molecule has 0 radical (unpaired) electrons. The van der Waals surface area contributed by atoms with Crippen molar-refractivity contribution in [1.82, 2.24) is 5.32 Å². The predicted molar refractivity (Wildman–Crippen MR) is 98.2 cm³/mol. The average Bonchev–Trinajstić information content (AvgIpc) is 2.58. The van der Waals surface area contributed by atoms with Crippen LogP contribution in [0.25, 0.3) is 0 Å². The summed E-state index contributed by atoms with van der Waals surface area (Å²) in [6.07, 6.45) is 3.09. The van der Waals surface area contributed by atoms with E-state index in [-0.39, 0.29) is 12.7 Å². The van der Waals surface area contributed by atoms with Crippen molar-refractivity contribution in [3.8, 4) is 0 Å². The summed E-state index contributed by atoms with van der Waals surface area (Å²) in [4.78, 5) is 23.1. The molecular formula is C20H29NO5. The number of benzene rings is 1. The fourth-order valence-electron chi connectivity index (χ4n) is 3.14. The number of hydrogen-bond acceptors (Lipinski definition) is 4. The third-order valence-corrected chi connectivity index (χ3v) is 4.43. The Labute approximate surface area is 154 Å². The molecule has 1 fully saturated rings. The molecule has 0 spiro atoms. The number of hydrogen-bond donors (Lipinski definition) is 2. The molecule has 6 nitrogen and oxygen atoms in total. The third-order valence-electron chi connectivity index (χ3n) is 4.43. The molecule has 0 unspecified atom stereocenters. The minimum atomic E-state index is -1.13. The molecule has 0 aromatic heterocycles. The van der Waals surface area contributed by atoms with Gasteiger partial charge >= 0.3 is 12.1 Å². The summed E-state index contributed by atoms with van der Waals surface area (Å²) >= 11 is 0. The first-order chi connectivity index (χ1) is 12.2. The molecule has 1 amide bonds. The summed E-state index contributed by atoms with van der Waals surface area (Å²) in [6, 6.07) is 9.31. The molecule has 1 saturated carbocycles. The van der Waals surface area contributed by atoms with E-state index in [0.29, 0.717) is 5.92 Å². The molecule has 2 rings (SSSR count). The number of nitrogens with one attached hydrogen (secondary N) is 1. The van der Waals surface area contributed by atoms with Crippen LogP contribution >= 0.6 is 0 Å². The quantitative estimate of drug-likeness (QED) is 0.805. The standard InChI is InChI=1S/C20H29NO5/c1-20(2,3)26-19(24)21-17(18(22)23)13-25-16-11-9-15(10-12-16)14-7-5-4-6-8-14/h4-8,15-17H,9-13H2,1-3H3,(H,21,24)(H,22,23)/t15?,16?,17-/m0/s1. The van der Waals surface area contributed by atoms with E-state index in [0.717, 1.165) is 25.7 Å². The summed E-state index contributed by atoms with van der Waals surface area (Å²) in [5, 5.41) is 11.7. The minimum absolute atomic E-state index is 0.0252. The topological polar surface area (TPSA) is 84.9 Å². The Morgan fingerprint density at radius 2 is 1.77 bits per heavy atom. The summed E-state index contributed by atoms with van der Waals surface area (Å²) in [7, 11) is 0. The number of carboxylic acid groups (broad SMARTS) is 1. The SMILES string of the molecule is CC(C)(C)OC(=O)N[C@@H](COC1CCC(c2ccccc2)CC1)C(=O)O. The second kappa shape index (κ2) is 9.03. The van der Waals surface area contributed by atoms with Crippen molar-refractivity contribution in [1.29, 1.82) is 0 Å².